The third-order valence-corrected chi connectivity index (χ3v) is 10.1. The second-order valence-electron chi connectivity index (χ2n) is 16.3. The van der Waals surface area contributed by atoms with E-state index in [0.717, 1.165) is 122 Å². The van der Waals surface area contributed by atoms with Crippen molar-refractivity contribution < 1.29 is 28.6 Å². The van der Waals surface area contributed by atoms with E-state index in [4.69, 9.17) is 14.2 Å². The summed E-state index contributed by atoms with van der Waals surface area (Å²) in [5.41, 5.74) is 0. The van der Waals surface area contributed by atoms with Crippen LogP contribution in [-0.4, -0.2) is 37.2 Å². The molecule has 1 atom stereocenters. The standard InChI is InChI=1S/C59H92O6/c1-4-7-10-13-16-19-22-24-25-26-27-28-29-30-31-32-33-35-37-40-43-46-49-52-58(61)64-55-56(54-63-57(60)51-48-45-42-39-36-21-18-15-12-9-6-3)65-59(62)53-50-47-44-41-38-34-23-20-17-14-11-8-5-2/h7-8,10-11,15-20,24-25,27-28,30-31,33-35,38,40,43,56H,4-6,9,12-14,21-23,26,29,32,36-37,39,41-42,44-55H2,1-3H3/b10-7-,11-8-,18-15-,19-16-,20-17-,25-24-,28-27-,31-30-,35-33-,38-34-,43-40-. The maximum Gasteiger partial charge on any atom is 0.306 e. The van der Waals surface area contributed by atoms with Gasteiger partial charge in [0.15, 0.2) is 6.10 Å². The summed E-state index contributed by atoms with van der Waals surface area (Å²) in [6, 6.07) is 0. The summed E-state index contributed by atoms with van der Waals surface area (Å²) >= 11 is 0. The molecule has 1 unspecified atom stereocenters. The summed E-state index contributed by atoms with van der Waals surface area (Å²) in [6.45, 7) is 6.26. The summed E-state index contributed by atoms with van der Waals surface area (Å²) < 4.78 is 16.7. The molecule has 0 N–H and O–H groups in total. The van der Waals surface area contributed by atoms with Gasteiger partial charge in [0.25, 0.3) is 0 Å². The Bertz CT molecular complexity index is 1450. The Hall–Kier alpha value is -4.45. The van der Waals surface area contributed by atoms with Gasteiger partial charge in [-0.15, -0.1) is 0 Å². The van der Waals surface area contributed by atoms with Crippen molar-refractivity contribution in [3.8, 4) is 0 Å². The van der Waals surface area contributed by atoms with Crippen molar-refractivity contribution in [3.63, 3.8) is 0 Å². The molecule has 0 fully saturated rings. The van der Waals surface area contributed by atoms with E-state index >= 15 is 0 Å². The summed E-state index contributed by atoms with van der Waals surface area (Å²) in [5.74, 6) is -1.03. The molecule has 0 aromatic rings. The van der Waals surface area contributed by atoms with E-state index in [1.54, 1.807) is 0 Å². The Morgan fingerprint density at radius 2 is 0.615 bits per heavy atom. The zero-order valence-electron chi connectivity index (χ0n) is 41.4. The van der Waals surface area contributed by atoms with Crippen LogP contribution in [0.1, 0.15) is 201 Å². The summed E-state index contributed by atoms with van der Waals surface area (Å²) in [5, 5.41) is 0. The highest BCUT2D eigenvalue weighted by Gasteiger charge is 2.19. The van der Waals surface area contributed by atoms with Crippen molar-refractivity contribution >= 4 is 17.9 Å². The smallest absolute Gasteiger partial charge is 0.306 e. The van der Waals surface area contributed by atoms with Gasteiger partial charge in [0.2, 0.25) is 0 Å². The van der Waals surface area contributed by atoms with Gasteiger partial charge in [0.05, 0.1) is 0 Å². The normalized spacial score (nSPS) is 13.2. The molecule has 0 amide bonds. The average Bonchev–Trinajstić information content (AvgIpc) is 3.30. The molecule has 6 nitrogen and oxygen atoms in total. The molecular weight excluding hydrogens is 805 g/mol. The molecule has 0 saturated heterocycles. The molecule has 0 saturated carbocycles. The molecule has 0 aliphatic heterocycles. The number of unbranched alkanes of at least 4 members (excludes halogenated alkanes) is 11. The molecule has 6 heteroatoms. The van der Waals surface area contributed by atoms with Gasteiger partial charge in [-0.1, -0.05) is 193 Å². The molecular formula is C59H92O6. The Kier molecular flexibility index (Phi) is 48.6. The number of rotatable bonds is 44. The van der Waals surface area contributed by atoms with E-state index in [1.807, 2.05) is 0 Å². The second-order valence-corrected chi connectivity index (χ2v) is 16.3. The maximum atomic E-state index is 12.8. The predicted octanol–water partition coefficient (Wildman–Crippen LogP) is 17.1. The topological polar surface area (TPSA) is 78.9 Å². The maximum absolute atomic E-state index is 12.8. The molecule has 65 heavy (non-hydrogen) atoms. The van der Waals surface area contributed by atoms with Gasteiger partial charge in [-0.05, 0) is 122 Å². The van der Waals surface area contributed by atoms with Crippen molar-refractivity contribution in [1.29, 1.82) is 0 Å². The number of hydrogen-bond acceptors (Lipinski definition) is 6. The van der Waals surface area contributed by atoms with Crippen LogP contribution in [0.5, 0.6) is 0 Å². The van der Waals surface area contributed by atoms with Crippen LogP contribution in [0, 0.1) is 0 Å². The van der Waals surface area contributed by atoms with Crippen LogP contribution in [-0.2, 0) is 28.6 Å². The predicted molar refractivity (Wildman–Crippen MR) is 279 cm³/mol. The minimum Gasteiger partial charge on any atom is -0.462 e. The number of carbonyl (C=O) groups excluding carboxylic acids is 3. The Morgan fingerprint density at radius 1 is 0.323 bits per heavy atom. The quantitative estimate of drug-likeness (QED) is 0.0262. The van der Waals surface area contributed by atoms with Crippen molar-refractivity contribution in [1.82, 2.24) is 0 Å². The first-order chi connectivity index (χ1) is 32.0. The van der Waals surface area contributed by atoms with Crippen LogP contribution in [0.15, 0.2) is 134 Å². The molecule has 0 bridgehead atoms. The highest BCUT2D eigenvalue weighted by atomic mass is 16.6. The van der Waals surface area contributed by atoms with E-state index in [0.29, 0.717) is 19.3 Å². The Morgan fingerprint density at radius 3 is 1.03 bits per heavy atom. The zero-order chi connectivity index (χ0) is 47.2. The fourth-order valence-corrected chi connectivity index (χ4v) is 6.31. The summed E-state index contributed by atoms with van der Waals surface area (Å²) in [6.07, 6.45) is 73.0. The molecule has 0 aliphatic rings. The van der Waals surface area contributed by atoms with Crippen LogP contribution in [0.4, 0.5) is 0 Å². The van der Waals surface area contributed by atoms with Crippen molar-refractivity contribution in [2.75, 3.05) is 13.2 Å². The lowest BCUT2D eigenvalue weighted by Crippen LogP contribution is -2.30. The Balaban J connectivity index is 4.50. The average molecular weight is 897 g/mol. The largest absolute Gasteiger partial charge is 0.462 e. The second kappa shape index (κ2) is 52.2. The van der Waals surface area contributed by atoms with Gasteiger partial charge >= 0.3 is 17.9 Å². The molecule has 0 aromatic carbocycles. The monoisotopic (exact) mass is 897 g/mol. The Labute approximate surface area is 398 Å². The van der Waals surface area contributed by atoms with Crippen molar-refractivity contribution in [3.05, 3.63) is 134 Å². The molecule has 0 aromatic heterocycles. The molecule has 0 aliphatic carbocycles. The van der Waals surface area contributed by atoms with Gasteiger partial charge in [0, 0.05) is 19.3 Å². The lowest BCUT2D eigenvalue weighted by atomic mass is 10.1. The summed E-state index contributed by atoms with van der Waals surface area (Å²) in [4.78, 5) is 37.9. The fraction of sp³-hybridized carbons (Fsp3) is 0.576. The minimum absolute atomic E-state index is 0.117. The van der Waals surface area contributed by atoms with E-state index in [-0.39, 0.29) is 44.0 Å². The zero-order valence-corrected chi connectivity index (χ0v) is 41.4. The number of allylic oxidation sites excluding steroid dienone is 22. The van der Waals surface area contributed by atoms with Crippen LogP contribution in [0.25, 0.3) is 0 Å². The SMILES string of the molecule is CC/C=C\C/C=C\C/C=C\C/C=C\C/C=C\C/C=C\C/C=C\CCCC(=O)OCC(COC(=O)CCCCCCC/C=C\CCCC)OC(=O)CCCCC/C=C\C/C=C\C/C=C\CC. The lowest BCUT2D eigenvalue weighted by molar-refractivity contribution is -0.167. The van der Waals surface area contributed by atoms with E-state index in [9.17, 15) is 14.4 Å². The highest BCUT2D eigenvalue weighted by Crippen LogP contribution is 2.11. The van der Waals surface area contributed by atoms with Crippen molar-refractivity contribution in [2.24, 2.45) is 0 Å². The van der Waals surface area contributed by atoms with Crippen LogP contribution >= 0.6 is 0 Å². The molecule has 0 rings (SSSR count). The van der Waals surface area contributed by atoms with Gasteiger partial charge in [-0.3, -0.25) is 14.4 Å². The molecule has 0 heterocycles. The fourth-order valence-electron chi connectivity index (χ4n) is 6.31. The number of ether oxygens (including phenoxy) is 3. The first-order valence-electron chi connectivity index (χ1n) is 25.7. The molecule has 0 spiro atoms. The van der Waals surface area contributed by atoms with Gasteiger partial charge in [-0.2, -0.15) is 0 Å². The van der Waals surface area contributed by atoms with Gasteiger partial charge in [-0.25, -0.2) is 0 Å². The first-order valence-corrected chi connectivity index (χ1v) is 25.7. The van der Waals surface area contributed by atoms with Crippen molar-refractivity contribution in [2.45, 2.75) is 207 Å². The van der Waals surface area contributed by atoms with Gasteiger partial charge in [0.1, 0.15) is 13.2 Å². The highest BCUT2D eigenvalue weighted by molar-refractivity contribution is 5.71. The molecule has 0 radical (unpaired) electrons. The number of esters is 3. The number of hydrogen-bond donors (Lipinski definition) is 0. The van der Waals surface area contributed by atoms with E-state index in [2.05, 4.69) is 154 Å². The lowest BCUT2D eigenvalue weighted by Gasteiger charge is -2.18. The molecule has 364 valence electrons. The van der Waals surface area contributed by atoms with Crippen LogP contribution in [0.3, 0.4) is 0 Å². The minimum atomic E-state index is -0.824. The third-order valence-electron chi connectivity index (χ3n) is 10.1. The van der Waals surface area contributed by atoms with E-state index < -0.39 is 6.10 Å². The van der Waals surface area contributed by atoms with E-state index in [1.165, 1.54) is 25.7 Å². The third kappa shape index (κ3) is 50.4. The van der Waals surface area contributed by atoms with Crippen LogP contribution in [0.2, 0.25) is 0 Å². The first kappa shape index (κ1) is 60.5. The van der Waals surface area contributed by atoms with Crippen LogP contribution < -0.4 is 0 Å². The summed E-state index contributed by atoms with van der Waals surface area (Å²) in [7, 11) is 0. The van der Waals surface area contributed by atoms with Gasteiger partial charge < -0.3 is 14.2 Å². The number of carbonyl (C=O) groups is 3.